The highest BCUT2D eigenvalue weighted by atomic mass is 127. The lowest BCUT2D eigenvalue weighted by atomic mass is 9.85. The van der Waals surface area contributed by atoms with Crippen molar-refractivity contribution in [3.8, 4) is 5.75 Å². The lowest BCUT2D eigenvalue weighted by Gasteiger charge is -2.34. The van der Waals surface area contributed by atoms with Crippen LogP contribution in [0, 0.1) is 9.49 Å². The smallest absolute Gasteiger partial charge is 0.257 e. The highest BCUT2D eigenvalue weighted by Gasteiger charge is 2.23. The van der Waals surface area contributed by atoms with Crippen LogP contribution in [0.5, 0.6) is 5.75 Å². The van der Waals surface area contributed by atoms with Crippen LogP contribution in [0.1, 0.15) is 35.2 Å². The van der Waals surface area contributed by atoms with Crippen molar-refractivity contribution < 1.29 is 9.53 Å². The lowest BCUT2D eigenvalue weighted by molar-refractivity contribution is 0.0971. The number of ether oxygens (including phenoxy) is 1. The molecule has 0 spiro atoms. The van der Waals surface area contributed by atoms with Crippen molar-refractivity contribution in [1.29, 1.82) is 0 Å². The maximum Gasteiger partial charge on any atom is 0.257 e. The molecule has 2 aromatic rings. The molecular weight excluding hydrogens is 471 g/mol. The maximum atomic E-state index is 12.7. The third kappa shape index (κ3) is 5.42. The molecule has 0 aromatic heterocycles. The summed E-state index contributed by atoms with van der Waals surface area (Å²) in [6.07, 6.45) is 3.75. The van der Waals surface area contributed by atoms with Gasteiger partial charge in [-0.05, 0) is 77.3 Å². The fraction of sp³-hybridized carbons (Fsp3) is 0.333. The van der Waals surface area contributed by atoms with Gasteiger partial charge in [0, 0.05) is 18.7 Å². The standard InChI is InChI=1S/C21H23IN2O2S/c1-26-19-11-10-17(12-18(19)22)20(25)23-21(27)24(14-16-8-5-9-16)13-15-6-3-2-4-7-15/h2-4,6-7,10-12,16H,5,8-9,13-14H2,1H3,(H,23,25,27). The number of halogens is 1. The second-order valence-electron chi connectivity index (χ2n) is 6.77. The Morgan fingerprint density at radius 2 is 2.00 bits per heavy atom. The van der Waals surface area contributed by atoms with Crippen molar-refractivity contribution in [3.63, 3.8) is 0 Å². The third-order valence-corrected chi connectivity index (χ3v) is 6.04. The van der Waals surface area contributed by atoms with E-state index >= 15 is 0 Å². The first-order chi connectivity index (χ1) is 13.1. The number of nitrogens with zero attached hydrogens (tertiary/aromatic N) is 1. The van der Waals surface area contributed by atoms with E-state index in [-0.39, 0.29) is 5.91 Å². The molecule has 0 bridgehead atoms. The minimum atomic E-state index is -0.188. The van der Waals surface area contributed by atoms with Gasteiger partial charge in [0.2, 0.25) is 0 Å². The Balaban J connectivity index is 1.69. The van der Waals surface area contributed by atoms with Crippen molar-refractivity contribution >= 4 is 45.8 Å². The number of thiocarbonyl (C=S) groups is 1. The molecule has 4 nitrogen and oxygen atoms in total. The molecule has 0 aliphatic heterocycles. The summed E-state index contributed by atoms with van der Waals surface area (Å²) >= 11 is 7.75. The van der Waals surface area contributed by atoms with Crippen molar-refractivity contribution in [2.45, 2.75) is 25.8 Å². The first-order valence-electron chi connectivity index (χ1n) is 9.04. The molecule has 1 fully saturated rings. The van der Waals surface area contributed by atoms with Gasteiger partial charge in [0.25, 0.3) is 5.91 Å². The SMILES string of the molecule is COc1ccc(C(=O)NC(=S)N(Cc2ccccc2)CC2CCC2)cc1I. The molecule has 0 heterocycles. The number of hydrogen-bond acceptors (Lipinski definition) is 3. The number of rotatable bonds is 6. The summed E-state index contributed by atoms with van der Waals surface area (Å²) in [5.41, 5.74) is 1.76. The molecule has 0 saturated heterocycles. The zero-order valence-corrected chi connectivity index (χ0v) is 18.3. The molecule has 27 heavy (non-hydrogen) atoms. The van der Waals surface area contributed by atoms with E-state index in [0.29, 0.717) is 23.1 Å². The zero-order chi connectivity index (χ0) is 19.2. The van der Waals surface area contributed by atoms with Gasteiger partial charge in [-0.3, -0.25) is 10.1 Å². The van der Waals surface area contributed by atoms with E-state index in [1.165, 1.54) is 24.8 Å². The minimum Gasteiger partial charge on any atom is -0.496 e. The molecule has 6 heteroatoms. The highest BCUT2D eigenvalue weighted by Crippen LogP contribution is 2.28. The van der Waals surface area contributed by atoms with Gasteiger partial charge >= 0.3 is 0 Å². The van der Waals surface area contributed by atoms with E-state index in [9.17, 15) is 4.79 Å². The topological polar surface area (TPSA) is 41.6 Å². The molecule has 1 aliphatic rings. The number of methoxy groups -OCH3 is 1. The Bertz CT molecular complexity index is 809. The molecular formula is C21H23IN2O2S. The highest BCUT2D eigenvalue weighted by molar-refractivity contribution is 14.1. The molecule has 1 aliphatic carbocycles. The van der Waals surface area contributed by atoms with Crippen LogP contribution in [-0.4, -0.2) is 29.6 Å². The monoisotopic (exact) mass is 494 g/mol. The molecule has 2 aromatic carbocycles. The maximum absolute atomic E-state index is 12.7. The van der Waals surface area contributed by atoms with Crippen LogP contribution in [0.4, 0.5) is 0 Å². The first-order valence-corrected chi connectivity index (χ1v) is 10.5. The number of amides is 1. The third-order valence-electron chi connectivity index (χ3n) is 4.84. The molecule has 3 rings (SSSR count). The molecule has 0 atom stereocenters. The van der Waals surface area contributed by atoms with Crippen LogP contribution in [0.25, 0.3) is 0 Å². The summed E-state index contributed by atoms with van der Waals surface area (Å²) in [6, 6.07) is 15.6. The second-order valence-corrected chi connectivity index (χ2v) is 8.32. The van der Waals surface area contributed by atoms with Crippen molar-refractivity contribution in [2.24, 2.45) is 5.92 Å². The summed E-state index contributed by atoms with van der Waals surface area (Å²) in [4.78, 5) is 14.8. The van der Waals surface area contributed by atoms with Gasteiger partial charge < -0.3 is 9.64 Å². The largest absolute Gasteiger partial charge is 0.496 e. The van der Waals surface area contributed by atoms with Gasteiger partial charge in [-0.1, -0.05) is 36.8 Å². The van der Waals surface area contributed by atoms with Gasteiger partial charge in [-0.25, -0.2) is 0 Å². The number of nitrogens with one attached hydrogen (secondary N) is 1. The van der Waals surface area contributed by atoms with Crippen molar-refractivity contribution in [3.05, 3.63) is 63.2 Å². The summed E-state index contributed by atoms with van der Waals surface area (Å²) < 4.78 is 6.15. The van der Waals surface area contributed by atoms with Gasteiger partial charge in [-0.15, -0.1) is 0 Å². The number of carbonyl (C=O) groups is 1. The van der Waals surface area contributed by atoms with E-state index in [1.807, 2.05) is 24.3 Å². The predicted octanol–water partition coefficient (Wildman–Crippen LogP) is 4.62. The van der Waals surface area contributed by atoms with Crippen LogP contribution < -0.4 is 10.1 Å². The summed E-state index contributed by atoms with van der Waals surface area (Å²) in [5.74, 6) is 1.23. The Hall–Kier alpha value is -1.67. The Kier molecular flexibility index (Phi) is 7.07. The van der Waals surface area contributed by atoms with E-state index in [1.54, 1.807) is 19.2 Å². The van der Waals surface area contributed by atoms with Gasteiger partial charge in [0.1, 0.15) is 5.75 Å². The zero-order valence-electron chi connectivity index (χ0n) is 15.3. The summed E-state index contributed by atoms with van der Waals surface area (Å²) in [7, 11) is 1.62. The van der Waals surface area contributed by atoms with E-state index in [4.69, 9.17) is 17.0 Å². The van der Waals surface area contributed by atoms with Crippen molar-refractivity contribution in [1.82, 2.24) is 10.2 Å². The molecule has 0 unspecified atom stereocenters. The lowest BCUT2D eigenvalue weighted by Crippen LogP contribution is -2.45. The second kappa shape index (κ2) is 9.50. The van der Waals surface area contributed by atoms with Crippen LogP contribution in [0.2, 0.25) is 0 Å². The Morgan fingerprint density at radius 1 is 1.26 bits per heavy atom. The predicted molar refractivity (Wildman–Crippen MR) is 120 cm³/mol. The van der Waals surface area contributed by atoms with Crippen molar-refractivity contribution in [2.75, 3.05) is 13.7 Å². The van der Waals surface area contributed by atoms with Crippen LogP contribution in [-0.2, 0) is 6.54 Å². The molecule has 1 N–H and O–H groups in total. The van der Waals surface area contributed by atoms with E-state index in [2.05, 4.69) is 44.9 Å². The average Bonchev–Trinajstić information content (AvgIpc) is 2.64. The van der Waals surface area contributed by atoms with Crippen LogP contribution in [0.3, 0.4) is 0 Å². The quantitative estimate of drug-likeness (QED) is 0.471. The fourth-order valence-corrected chi connectivity index (χ4v) is 4.03. The van der Waals surface area contributed by atoms with Gasteiger partial charge in [0.05, 0.1) is 10.7 Å². The normalized spacial score (nSPS) is 13.6. The van der Waals surface area contributed by atoms with Gasteiger partial charge in [0.15, 0.2) is 5.11 Å². The van der Waals surface area contributed by atoms with E-state index < -0.39 is 0 Å². The Morgan fingerprint density at radius 3 is 2.59 bits per heavy atom. The molecule has 0 radical (unpaired) electrons. The summed E-state index contributed by atoms with van der Waals surface area (Å²) in [6.45, 7) is 1.59. The molecule has 1 saturated carbocycles. The minimum absolute atomic E-state index is 0.188. The van der Waals surface area contributed by atoms with Crippen LogP contribution in [0.15, 0.2) is 48.5 Å². The van der Waals surface area contributed by atoms with Gasteiger partial charge in [-0.2, -0.15) is 0 Å². The average molecular weight is 494 g/mol. The summed E-state index contributed by atoms with van der Waals surface area (Å²) in [5, 5.41) is 3.40. The fourth-order valence-electron chi connectivity index (χ4n) is 3.07. The molecule has 142 valence electrons. The van der Waals surface area contributed by atoms with Crippen LogP contribution >= 0.6 is 34.8 Å². The first kappa shape index (κ1) is 20.1. The van der Waals surface area contributed by atoms with E-state index in [0.717, 1.165) is 15.9 Å². The number of hydrogen-bond donors (Lipinski definition) is 1. The Labute approximate surface area is 179 Å². The number of benzene rings is 2. The molecule has 1 amide bonds. The number of carbonyl (C=O) groups excluding carboxylic acids is 1.